The first-order valence-electron chi connectivity index (χ1n) is 8.18. The van der Waals surface area contributed by atoms with Gasteiger partial charge in [0.15, 0.2) is 0 Å². The third-order valence-corrected chi connectivity index (χ3v) is 5.06. The predicted octanol–water partition coefficient (Wildman–Crippen LogP) is 1.68. The molecule has 3 amide bonds. The van der Waals surface area contributed by atoms with Gasteiger partial charge < -0.3 is 10.0 Å². The molecule has 0 aromatic heterocycles. The van der Waals surface area contributed by atoms with Crippen molar-refractivity contribution in [3.05, 3.63) is 34.9 Å². The summed E-state index contributed by atoms with van der Waals surface area (Å²) in [4.78, 5) is 40.4. The lowest BCUT2D eigenvalue weighted by atomic mass is 9.97. The van der Waals surface area contributed by atoms with Crippen LogP contribution < -0.4 is 0 Å². The number of carbonyl (C=O) groups excluding carboxylic acids is 3. The van der Waals surface area contributed by atoms with Crippen LogP contribution in [0.5, 0.6) is 0 Å². The summed E-state index contributed by atoms with van der Waals surface area (Å²) in [5, 5.41) is 10.1. The number of aliphatic hydroxyl groups is 1. The summed E-state index contributed by atoms with van der Waals surface area (Å²) in [5.41, 5.74) is 0.325. The van der Waals surface area contributed by atoms with E-state index in [9.17, 15) is 19.5 Å². The van der Waals surface area contributed by atoms with Crippen LogP contribution in [0.4, 0.5) is 0 Å². The third-order valence-electron chi connectivity index (χ3n) is 5.06. The molecule has 1 atom stereocenters. The predicted molar refractivity (Wildman–Crippen MR) is 87.8 cm³/mol. The molecule has 2 heterocycles. The van der Waals surface area contributed by atoms with E-state index in [0.717, 1.165) is 0 Å². The lowest BCUT2D eigenvalue weighted by Crippen LogP contribution is -2.48. The Kier molecular flexibility index (Phi) is 3.75. The van der Waals surface area contributed by atoms with E-state index in [4.69, 9.17) is 0 Å². The molecule has 24 heavy (non-hydrogen) atoms. The zero-order chi connectivity index (χ0) is 17.8. The topological polar surface area (TPSA) is 77.9 Å². The normalized spacial score (nSPS) is 22.5. The number of carbonyl (C=O) groups is 3. The summed E-state index contributed by atoms with van der Waals surface area (Å²) < 4.78 is 0. The zero-order valence-corrected chi connectivity index (χ0v) is 14.4. The Morgan fingerprint density at radius 3 is 2.38 bits per heavy atom. The molecule has 0 radical (unpaired) electrons. The van der Waals surface area contributed by atoms with Crippen LogP contribution in [-0.2, 0) is 0 Å². The van der Waals surface area contributed by atoms with Crippen LogP contribution in [0.1, 0.15) is 65.2 Å². The number of hydrogen-bond acceptors (Lipinski definition) is 4. The molecule has 6 heteroatoms. The maximum Gasteiger partial charge on any atom is 0.261 e. The van der Waals surface area contributed by atoms with Crippen molar-refractivity contribution in [1.82, 2.24) is 9.80 Å². The van der Waals surface area contributed by atoms with Gasteiger partial charge in [0.25, 0.3) is 17.7 Å². The molecule has 1 unspecified atom stereocenters. The van der Waals surface area contributed by atoms with Gasteiger partial charge >= 0.3 is 0 Å². The van der Waals surface area contributed by atoms with Crippen LogP contribution in [-0.4, -0.2) is 56.9 Å². The highest BCUT2D eigenvalue weighted by Crippen LogP contribution is 2.32. The second-order valence-corrected chi connectivity index (χ2v) is 7.25. The fourth-order valence-corrected chi connectivity index (χ4v) is 3.45. The summed E-state index contributed by atoms with van der Waals surface area (Å²) in [6.45, 7) is 7.68. The van der Waals surface area contributed by atoms with Crippen LogP contribution in [0.3, 0.4) is 0 Å². The minimum Gasteiger partial charge on any atom is -0.391 e. The van der Waals surface area contributed by atoms with E-state index in [1.807, 2.05) is 13.8 Å². The Labute approximate surface area is 141 Å². The quantitative estimate of drug-likeness (QED) is 0.837. The number of benzene rings is 1. The van der Waals surface area contributed by atoms with Gasteiger partial charge in [-0.1, -0.05) is 0 Å². The Hall–Kier alpha value is -2.21. The van der Waals surface area contributed by atoms with Gasteiger partial charge in [-0.3, -0.25) is 19.3 Å². The van der Waals surface area contributed by atoms with Gasteiger partial charge in [0.05, 0.1) is 22.8 Å². The molecular formula is C18H22N2O4. The van der Waals surface area contributed by atoms with Crippen LogP contribution in [0.2, 0.25) is 0 Å². The number of nitrogens with zero attached hydrogens (tertiary/aromatic N) is 2. The van der Waals surface area contributed by atoms with Crippen LogP contribution in [0.25, 0.3) is 0 Å². The average Bonchev–Trinajstić information content (AvgIpc) is 2.93. The molecule has 128 valence electrons. The molecule has 2 aliphatic heterocycles. The second-order valence-electron chi connectivity index (χ2n) is 7.25. The standard InChI is InChI=1S/C18H22N2O4/c1-10(2)20-16(23)12-6-5-11(9-13(12)17(20)24)15(22)19-8-7-14(21)18(19,3)4/h5-6,9-10,14,21H,7-8H2,1-4H3. The molecule has 1 aromatic carbocycles. The highest BCUT2D eigenvalue weighted by molar-refractivity contribution is 6.22. The average molecular weight is 330 g/mol. The summed E-state index contributed by atoms with van der Waals surface area (Å²) in [6, 6.07) is 4.40. The largest absolute Gasteiger partial charge is 0.391 e. The molecule has 1 N–H and O–H groups in total. The van der Waals surface area contributed by atoms with E-state index < -0.39 is 11.6 Å². The zero-order valence-electron chi connectivity index (χ0n) is 14.4. The highest BCUT2D eigenvalue weighted by Gasteiger charge is 2.44. The van der Waals surface area contributed by atoms with Gasteiger partial charge in [-0.05, 0) is 52.3 Å². The summed E-state index contributed by atoms with van der Waals surface area (Å²) in [7, 11) is 0. The van der Waals surface area contributed by atoms with Crippen molar-refractivity contribution in [3.8, 4) is 0 Å². The Morgan fingerprint density at radius 2 is 1.83 bits per heavy atom. The molecular weight excluding hydrogens is 308 g/mol. The van der Waals surface area contributed by atoms with E-state index in [2.05, 4.69) is 0 Å². The number of likely N-dealkylation sites (tertiary alicyclic amines) is 1. The minimum atomic E-state index is -0.653. The molecule has 0 saturated carbocycles. The van der Waals surface area contributed by atoms with Gasteiger partial charge in [-0.15, -0.1) is 0 Å². The third kappa shape index (κ3) is 2.24. The summed E-state index contributed by atoms with van der Waals surface area (Å²) in [5.74, 6) is -0.913. The minimum absolute atomic E-state index is 0.232. The number of amides is 3. The molecule has 1 fully saturated rings. The lowest BCUT2D eigenvalue weighted by Gasteiger charge is -2.33. The molecule has 0 spiro atoms. The van der Waals surface area contributed by atoms with E-state index in [1.165, 1.54) is 11.0 Å². The number of hydrogen-bond donors (Lipinski definition) is 1. The Balaban J connectivity index is 1.96. The smallest absolute Gasteiger partial charge is 0.261 e. The second kappa shape index (κ2) is 5.41. The number of fused-ring (bicyclic) bond motifs is 1. The maximum absolute atomic E-state index is 12.8. The molecule has 3 rings (SSSR count). The van der Waals surface area contributed by atoms with Gasteiger partial charge in [0, 0.05) is 18.2 Å². The first-order valence-corrected chi connectivity index (χ1v) is 8.18. The lowest BCUT2D eigenvalue weighted by molar-refractivity contribution is 0.0394. The Bertz CT molecular complexity index is 739. The maximum atomic E-state index is 12.8. The van der Waals surface area contributed by atoms with Crippen molar-refractivity contribution in [3.63, 3.8) is 0 Å². The van der Waals surface area contributed by atoms with Crippen molar-refractivity contribution in [2.75, 3.05) is 6.54 Å². The molecule has 1 aromatic rings. The van der Waals surface area contributed by atoms with Gasteiger partial charge in [-0.2, -0.15) is 0 Å². The van der Waals surface area contributed by atoms with Gasteiger partial charge in [-0.25, -0.2) is 0 Å². The number of rotatable bonds is 2. The van der Waals surface area contributed by atoms with Gasteiger partial charge in [0.1, 0.15) is 0 Å². The summed E-state index contributed by atoms with van der Waals surface area (Å²) in [6.07, 6.45) is -0.0436. The van der Waals surface area contributed by atoms with Crippen LogP contribution in [0.15, 0.2) is 18.2 Å². The first-order chi connectivity index (χ1) is 11.2. The van der Waals surface area contributed by atoms with Crippen molar-refractivity contribution >= 4 is 17.7 Å². The van der Waals surface area contributed by atoms with Crippen molar-refractivity contribution < 1.29 is 19.5 Å². The highest BCUT2D eigenvalue weighted by atomic mass is 16.3. The molecule has 0 bridgehead atoms. The fraction of sp³-hybridized carbons (Fsp3) is 0.500. The van der Waals surface area contributed by atoms with Crippen molar-refractivity contribution in [2.45, 2.75) is 51.8 Å². The monoisotopic (exact) mass is 330 g/mol. The molecule has 2 aliphatic rings. The SMILES string of the molecule is CC(C)N1C(=O)c2ccc(C(=O)N3CCC(O)C3(C)C)cc2C1=O. The van der Waals surface area contributed by atoms with Crippen LogP contribution in [0, 0.1) is 0 Å². The van der Waals surface area contributed by atoms with E-state index >= 15 is 0 Å². The first kappa shape index (κ1) is 16.6. The fourth-order valence-electron chi connectivity index (χ4n) is 3.45. The Morgan fingerprint density at radius 1 is 1.21 bits per heavy atom. The van der Waals surface area contributed by atoms with E-state index in [0.29, 0.717) is 24.1 Å². The van der Waals surface area contributed by atoms with Crippen molar-refractivity contribution in [1.29, 1.82) is 0 Å². The van der Waals surface area contributed by atoms with Gasteiger partial charge in [0.2, 0.25) is 0 Å². The molecule has 6 nitrogen and oxygen atoms in total. The number of aliphatic hydroxyl groups excluding tert-OH is 1. The van der Waals surface area contributed by atoms with Crippen LogP contribution >= 0.6 is 0 Å². The summed E-state index contributed by atoms with van der Waals surface area (Å²) >= 11 is 0. The molecule has 0 aliphatic carbocycles. The van der Waals surface area contributed by atoms with E-state index in [-0.39, 0.29) is 29.3 Å². The van der Waals surface area contributed by atoms with E-state index in [1.54, 1.807) is 30.9 Å². The molecule has 1 saturated heterocycles. The number of imide groups is 1. The van der Waals surface area contributed by atoms with Crippen molar-refractivity contribution in [2.24, 2.45) is 0 Å².